The van der Waals surface area contributed by atoms with Gasteiger partial charge < -0.3 is 4.57 Å². The first-order valence-corrected chi connectivity index (χ1v) is 14.0. The maximum atomic E-state index is 3.57. The Hall–Kier alpha value is -3.92. The summed E-state index contributed by atoms with van der Waals surface area (Å²) in [5.74, 6) is 0. The van der Waals surface area contributed by atoms with E-state index in [4.69, 9.17) is 0 Å². The molecule has 3 heteroatoms. The van der Waals surface area contributed by atoms with Gasteiger partial charge in [-0.05, 0) is 64.4 Å². The average Bonchev–Trinajstić information content (AvgIpc) is 3.50. The van der Waals surface area contributed by atoms with Crippen molar-refractivity contribution in [2.24, 2.45) is 0 Å². The summed E-state index contributed by atoms with van der Waals surface area (Å²) in [7, 11) is 0. The number of para-hydroxylation sites is 2. The fraction of sp³-hybridized carbons (Fsp3) is 0. The van der Waals surface area contributed by atoms with E-state index < -0.39 is 0 Å². The van der Waals surface area contributed by atoms with Gasteiger partial charge in [-0.1, -0.05) is 94.8 Å². The number of benzene rings is 6. The molecule has 0 saturated carbocycles. The molecule has 1 nitrogen and oxygen atoms in total. The molecule has 8 rings (SSSR count). The van der Waals surface area contributed by atoms with Gasteiger partial charge in [-0.15, -0.1) is 11.3 Å². The van der Waals surface area contributed by atoms with Gasteiger partial charge >= 0.3 is 0 Å². The zero-order valence-electron chi connectivity index (χ0n) is 19.8. The van der Waals surface area contributed by atoms with Gasteiger partial charge in [0.2, 0.25) is 0 Å². The fourth-order valence-electron chi connectivity index (χ4n) is 5.85. The molecule has 2 heterocycles. The Morgan fingerprint density at radius 2 is 1.19 bits per heavy atom. The van der Waals surface area contributed by atoms with Crippen molar-refractivity contribution in [3.05, 3.63) is 126 Å². The van der Waals surface area contributed by atoms with Crippen molar-refractivity contribution >= 4 is 80.0 Å². The summed E-state index contributed by atoms with van der Waals surface area (Å²) in [5.41, 5.74) is 6.21. The Kier molecular flexibility index (Phi) is 4.61. The minimum Gasteiger partial charge on any atom is -0.308 e. The smallest absolute Gasteiger partial charge is 0.0726 e. The highest BCUT2D eigenvalue weighted by Crippen LogP contribution is 2.48. The summed E-state index contributed by atoms with van der Waals surface area (Å²) in [6.45, 7) is 0. The van der Waals surface area contributed by atoms with Gasteiger partial charge in [-0.25, -0.2) is 0 Å². The fourth-order valence-corrected chi connectivity index (χ4v) is 7.35. The van der Waals surface area contributed by atoms with E-state index in [1.54, 1.807) is 0 Å². The minimum absolute atomic E-state index is 1.10. The second-order valence-corrected chi connectivity index (χ2v) is 11.4. The SMILES string of the molecule is Brc1ccc(-c2ccc3sc4c(c3c2)c2ccccc2c2c3ccccc3n(-c3ccccc3)c42)cc1. The highest BCUT2D eigenvalue weighted by atomic mass is 79.9. The van der Waals surface area contributed by atoms with Crippen molar-refractivity contribution in [1.29, 1.82) is 0 Å². The Morgan fingerprint density at radius 3 is 1.97 bits per heavy atom. The van der Waals surface area contributed by atoms with Crippen LogP contribution in [0.2, 0.25) is 0 Å². The van der Waals surface area contributed by atoms with Gasteiger partial charge in [0, 0.05) is 36.4 Å². The molecule has 0 radical (unpaired) electrons. The monoisotopic (exact) mass is 553 g/mol. The summed E-state index contributed by atoms with van der Waals surface area (Å²) in [6.07, 6.45) is 0. The molecular weight excluding hydrogens is 534 g/mol. The van der Waals surface area contributed by atoms with E-state index in [9.17, 15) is 0 Å². The first kappa shape index (κ1) is 21.2. The normalized spacial score (nSPS) is 11.9. The molecule has 0 fully saturated rings. The number of halogens is 1. The number of thiophene rings is 1. The van der Waals surface area contributed by atoms with E-state index in [1.165, 1.54) is 69.6 Å². The van der Waals surface area contributed by atoms with Crippen LogP contribution in [-0.4, -0.2) is 4.57 Å². The molecule has 0 unspecified atom stereocenters. The van der Waals surface area contributed by atoms with Gasteiger partial charge in [0.05, 0.1) is 15.7 Å². The Balaban J connectivity index is 1.60. The van der Waals surface area contributed by atoms with E-state index in [1.807, 2.05) is 11.3 Å². The van der Waals surface area contributed by atoms with Crippen molar-refractivity contribution in [3.63, 3.8) is 0 Å². The van der Waals surface area contributed by atoms with Crippen molar-refractivity contribution in [2.75, 3.05) is 0 Å². The van der Waals surface area contributed by atoms with Gasteiger partial charge in [0.1, 0.15) is 0 Å². The lowest BCUT2D eigenvalue weighted by Gasteiger charge is -2.10. The van der Waals surface area contributed by atoms with Crippen molar-refractivity contribution in [1.82, 2.24) is 4.57 Å². The van der Waals surface area contributed by atoms with Gasteiger partial charge in [0.25, 0.3) is 0 Å². The number of nitrogens with zero attached hydrogens (tertiary/aromatic N) is 1. The summed E-state index contributed by atoms with van der Waals surface area (Å²) in [4.78, 5) is 0. The van der Waals surface area contributed by atoms with E-state index in [2.05, 4.69) is 142 Å². The number of aromatic nitrogens is 1. The lowest BCUT2D eigenvalue weighted by atomic mass is 9.97. The third kappa shape index (κ3) is 3.08. The number of fused-ring (bicyclic) bond motifs is 10. The van der Waals surface area contributed by atoms with Crippen LogP contribution in [0, 0.1) is 0 Å². The standard InChI is InChI=1S/C34H20BrNS/c35-23-17-14-21(15-18-23)22-16-19-30-28(20-22)32-26-11-5-4-10-25(26)31-27-12-6-7-13-29(27)36(33(31)34(32)37-30)24-8-2-1-3-9-24/h1-20H. The predicted molar refractivity (Wildman–Crippen MR) is 164 cm³/mol. The third-order valence-electron chi connectivity index (χ3n) is 7.44. The summed E-state index contributed by atoms with van der Waals surface area (Å²) >= 11 is 5.48. The van der Waals surface area contributed by atoms with E-state index >= 15 is 0 Å². The maximum absolute atomic E-state index is 3.57. The van der Waals surface area contributed by atoms with E-state index in [-0.39, 0.29) is 0 Å². The van der Waals surface area contributed by atoms with Crippen LogP contribution in [0.4, 0.5) is 0 Å². The molecular formula is C34H20BrNS. The molecule has 0 aliphatic carbocycles. The van der Waals surface area contributed by atoms with Gasteiger partial charge in [-0.3, -0.25) is 0 Å². The molecule has 0 atom stereocenters. The first-order valence-electron chi connectivity index (χ1n) is 12.4. The van der Waals surface area contributed by atoms with Crippen LogP contribution in [0.25, 0.3) is 69.6 Å². The second kappa shape index (κ2) is 8.04. The molecule has 174 valence electrons. The minimum atomic E-state index is 1.10. The zero-order chi connectivity index (χ0) is 24.5. The number of hydrogen-bond acceptors (Lipinski definition) is 1. The zero-order valence-corrected chi connectivity index (χ0v) is 22.2. The largest absolute Gasteiger partial charge is 0.308 e. The summed E-state index contributed by atoms with van der Waals surface area (Å²) in [5, 5.41) is 7.94. The molecule has 0 aliphatic rings. The predicted octanol–water partition coefficient (Wildman–Crippen LogP) is 10.7. The number of rotatable bonds is 2. The quantitative estimate of drug-likeness (QED) is 0.200. The topological polar surface area (TPSA) is 4.93 Å². The van der Waals surface area contributed by atoms with Crippen LogP contribution >= 0.6 is 27.3 Å². The molecule has 8 aromatic rings. The van der Waals surface area contributed by atoms with Crippen LogP contribution in [0.3, 0.4) is 0 Å². The lowest BCUT2D eigenvalue weighted by Crippen LogP contribution is -1.93. The summed E-state index contributed by atoms with van der Waals surface area (Å²) in [6, 6.07) is 44.1. The van der Waals surface area contributed by atoms with Crippen LogP contribution in [0.15, 0.2) is 126 Å². The maximum Gasteiger partial charge on any atom is 0.0726 e. The summed E-state index contributed by atoms with van der Waals surface area (Å²) < 4.78 is 6.22. The van der Waals surface area contributed by atoms with Crippen LogP contribution in [0.1, 0.15) is 0 Å². The molecule has 37 heavy (non-hydrogen) atoms. The molecule has 0 aliphatic heterocycles. The van der Waals surface area contributed by atoms with Gasteiger partial charge in [-0.2, -0.15) is 0 Å². The molecule has 0 amide bonds. The number of hydrogen-bond donors (Lipinski definition) is 0. The molecule has 0 saturated heterocycles. The van der Waals surface area contributed by atoms with Crippen molar-refractivity contribution in [3.8, 4) is 16.8 Å². The second-order valence-electron chi connectivity index (χ2n) is 9.48. The van der Waals surface area contributed by atoms with E-state index in [0.29, 0.717) is 0 Å². The first-order chi connectivity index (χ1) is 18.3. The van der Waals surface area contributed by atoms with Crippen molar-refractivity contribution in [2.45, 2.75) is 0 Å². The van der Waals surface area contributed by atoms with Crippen molar-refractivity contribution < 1.29 is 0 Å². The average molecular weight is 555 g/mol. The highest BCUT2D eigenvalue weighted by Gasteiger charge is 2.21. The van der Waals surface area contributed by atoms with Crippen LogP contribution in [0.5, 0.6) is 0 Å². The van der Waals surface area contributed by atoms with E-state index in [0.717, 1.165) is 4.47 Å². The van der Waals surface area contributed by atoms with Crippen LogP contribution in [-0.2, 0) is 0 Å². The molecule has 6 aromatic carbocycles. The lowest BCUT2D eigenvalue weighted by molar-refractivity contribution is 1.19. The molecule has 0 N–H and O–H groups in total. The Morgan fingerprint density at radius 1 is 0.541 bits per heavy atom. The van der Waals surface area contributed by atoms with Gasteiger partial charge in [0.15, 0.2) is 0 Å². The Labute approximate surface area is 226 Å². The highest BCUT2D eigenvalue weighted by molar-refractivity contribution is 9.10. The molecule has 2 aromatic heterocycles. The molecule has 0 spiro atoms. The Bertz CT molecular complexity index is 2130. The molecule has 0 bridgehead atoms. The van der Waals surface area contributed by atoms with Crippen LogP contribution < -0.4 is 0 Å². The third-order valence-corrected chi connectivity index (χ3v) is 9.14.